The summed E-state index contributed by atoms with van der Waals surface area (Å²) < 4.78 is 9.52. The number of amides is 1. The zero-order valence-electron chi connectivity index (χ0n) is 14.7. The van der Waals surface area contributed by atoms with Crippen LogP contribution in [0.5, 0.6) is 11.5 Å². The van der Waals surface area contributed by atoms with Gasteiger partial charge in [-0.3, -0.25) is 4.79 Å². The number of likely N-dealkylation sites (N-methyl/N-ethyl adjacent to an activating group) is 1. The first-order chi connectivity index (χ1) is 11.6. The quantitative estimate of drug-likeness (QED) is 0.582. The summed E-state index contributed by atoms with van der Waals surface area (Å²) in [6.07, 6.45) is 1.16. The number of alkyl halides is 2. The number of hydrogen-bond acceptors (Lipinski definition) is 4. The number of nitrogens with one attached hydrogen (secondary N) is 1. The SMILES string of the molecule is COc1ccc(CCN(C)C(=S)NC(=O)[C@@]2(C)CC2(Cl)Cl)cc1OC. The van der Waals surface area contributed by atoms with Crippen LogP contribution in [0.15, 0.2) is 18.2 Å². The van der Waals surface area contributed by atoms with Crippen LogP contribution < -0.4 is 14.8 Å². The van der Waals surface area contributed by atoms with Crippen molar-refractivity contribution >= 4 is 46.4 Å². The van der Waals surface area contributed by atoms with Crippen LogP contribution in [0, 0.1) is 5.41 Å². The van der Waals surface area contributed by atoms with Gasteiger partial charge in [0.1, 0.15) is 4.33 Å². The minimum Gasteiger partial charge on any atom is -0.493 e. The molecule has 0 aliphatic heterocycles. The molecule has 1 aromatic carbocycles. The molecule has 0 spiro atoms. The van der Waals surface area contributed by atoms with Crippen molar-refractivity contribution in [3.63, 3.8) is 0 Å². The molecule has 0 bridgehead atoms. The number of halogens is 2. The third-order valence-electron chi connectivity index (χ3n) is 4.51. The first-order valence-corrected chi connectivity index (χ1v) is 8.96. The summed E-state index contributed by atoms with van der Waals surface area (Å²) in [6, 6.07) is 5.76. The fourth-order valence-corrected chi connectivity index (χ4v) is 3.30. The molecule has 0 aromatic heterocycles. The molecule has 1 aliphatic carbocycles. The van der Waals surface area contributed by atoms with E-state index >= 15 is 0 Å². The molecule has 1 N–H and O–H groups in total. The first kappa shape index (κ1) is 20.1. The number of methoxy groups -OCH3 is 2. The van der Waals surface area contributed by atoms with Crippen molar-refractivity contribution in [1.82, 2.24) is 10.2 Å². The fourth-order valence-electron chi connectivity index (χ4n) is 2.41. The van der Waals surface area contributed by atoms with Gasteiger partial charge in [0.15, 0.2) is 16.6 Å². The van der Waals surface area contributed by atoms with Gasteiger partial charge in [-0.15, -0.1) is 23.2 Å². The second-order valence-corrected chi connectivity index (χ2v) is 8.20. The van der Waals surface area contributed by atoms with Crippen LogP contribution in [0.25, 0.3) is 0 Å². The molecule has 0 saturated heterocycles. The molecule has 0 heterocycles. The standard InChI is InChI=1S/C17H22Cl2N2O3S/c1-16(10-17(16,18)19)14(22)20-15(25)21(2)8-7-11-5-6-12(23-3)13(9-11)24-4/h5-6,9H,7-8,10H2,1-4H3,(H,20,22,25)/t16-/m1/s1. The highest BCUT2D eigenvalue weighted by molar-refractivity contribution is 7.80. The summed E-state index contributed by atoms with van der Waals surface area (Å²) >= 11 is 17.3. The summed E-state index contributed by atoms with van der Waals surface area (Å²) in [5.74, 6) is 1.12. The van der Waals surface area contributed by atoms with E-state index in [9.17, 15) is 4.79 Å². The van der Waals surface area contributed by atoms with Crippen LogP contribution in [0.2, 0.25) is 0 Å². The van der Waals surface area contributed by atoms with E-state index in [1.165, 1.54) is 0 Å². The molecule has 0 radical (unpaired) electrons. The predicted molar refractivity (Wildman–Crippen MR) is 104 cm³/mol. The lowest BCUT2D eigenvalue weighted by Crippen LogP contribution is -2.44. The number of rotatable bonds is 6. The number of benzene rings is 1. The summed E-state index contributed by atoms with van der Waals surface area (Å²) in [5.41, 5.74) is 0.290. The zero-order valence-corrected chi connectivity index (χ0v) is 17.0. The molecule has 1 fully saturated rings. The van der Waals surface area contributed by atoms with Crippen molar-refractivity contribution in [1.29, 1.82) is 0 Å². The second-order valence-electron chi connectivity index (χ2n) is 6.33. The number of ether oxygens (including phenoxy) is 2. The van der Waals surface area contributed by atoms with Crippen LogP contribution in [0.3, 0.4) is 0 Å². The van der Waals surface area contributed by atoms with E-state index in [1.54, 1.807) is 26.0 Å². The first-order valence-electron chi connectivity index (χ1n) is 7.80. The Labute approximate surface area is 163 Å². The fraction of sp³-hybridized carbons (Fsp3) is 0.529. The third-order valence-corrected chi connectivity index (χ3v) is 6.03. The van der Waals surface area contributed by atoms with E-state index in [0.717, 1.165) is 12.0 Å². The van der Waals surface area contributed by atoms with Gasteiger partial charge in [-0.2, -0.15) is 0 Å². The zero-order chi connectivity index (χ0) is 18.8. The molecule has 138 valence electrons. The Kier molecular flexibility index (Phi) is 6.07. The normalized spacial score (nSPS) is 20.6. The molecule has 5 nitrogen and oxygen atoms in total. The molecule has 0 unspecified atom stereocenters. The van der Waals surface area contributed by atoms with E-state index in [4.69, 9.17) is 44.9 Å². The van der Waals surface area contributed by atoms with Gasteiger partial charge in [-0.1, -0.05) is 6.07 Å². The van der Waals surface area contributed by atoms with Gasteiger partial charge in [0.2, 0.25) is 5.91 Å². The van der Waals surface area contributed by atoms with E-state index in [1.807, 2.05) is 25.2 Å². The Morgan fingerprint density at radius 3 is 2.44 bits per heavy atom. The molecule has 1 aromatic rings. The Morgan fingerprint density at radius 1 is 1.32 bits per heavy atom. The van der Waals surface area contributed by atoms with Crippen molar-refractivity contribution in [3.05, 3.63) is 23.8 Å². The minimum atomic E-state index is -1.01. The topological polar surface area (TPSA) is 50.8 Å². The number of thiocarbonyl (C=S) groups is 1. The van der Waals surface area contributed by atoms with E-state index in [-0.39, 0.29) is 5.91 Å². The highest BCUT2D eigenvalue weighted by Gasteiger charge is 2.68. The van der Waals surface area contributed by atoms with E-state index in [0.29, 0.717) is 29.6 Å². The molecule has 2 rings (SSSR count). The second kappa shape index (κ2) is 7.56. The maximum Gasteiger partial charge on any atom is 0.235 e. The number of nitrogens with zero attached hydrogens (tertiary/aromatic N) is 1. The Balaban J connectivity index is 1.89. The summed E-state index contributed by atoms with van der Waals surface area (Å²) in [7, 11) is 5.03. The lowest BCUT2D eigenvalue weighted by molar-refractivity contribution is -0.124. The maximum absolute atomic E-state index is 12.3. The smallest absolute Gasteiger partial charge is 0.235 e. The number of carbonyl (C=O) groups is 1. The monoisotopic (exact) mass is 404 g/mol. The Bertz CT molecular complexity index is 684. The van der Waals surface area contributed by atoms with Crippen molar-refractivity contribution in [2.45, 2.75) is 24.1 Å². The maximum atomic E-state index is 12.3. The molecule has 1 aliphatic rings. The van der Waals surface area contributed by atoms with Crippen LogP contribution >= 0.6 is 35.4 Å². The van der Waals surface area contributed by atoms with Crippen molar-refractivity contribution in [3.8, 4) is 11.5 Å². The van der Waals surface area contributed by atoms with Crippen LogP contribution in [0.1, 0.15) is 18.9 Å². The number of carbonyl (C=O) groups excluding carboxylic acids is 1. The molecular weight excluding hydrogens is 383 g/mol. The van der Waals surface area contributed by atoms with Gasteiger partial charge in [0, 0.05) is 13.6 Å². The van der Waals surface area contributed by atoms with Gasteiger partial charge in [0.25, 0.3) is 0 Å². The molecule has 1 atom stereocenters. The summed E-state index contributed by atoms with van der Waals surface area (Å²) in [6.45, 7) is 2.37. The van der Waals surface area contributed by atoms with Gasteiger partial charge in [0.05, 0.1) is 19.6 Å². The lowest BCUT2D eigenvalue weighted by Gasteiger charge is -2.22. The predicted octanol–water partition coefficient (Wildman–Crippen LogP) is 3.16. The summed E-state index contributed by atoms with van der Waals surface area (Å²) in [5, 5.41) is 3.07. The van der Waals surface area contributed by atoms with E-state index in [2.05, 4.69) is 5.32 Å². The summed E-state index contributed by atoms with van der Waals surface area (Å²) in [4.78, 5) is 14.1. The van der Waals surface area contributed by atoms with Crippen LogP contribution in [-0.4, -0.2) is 48.1 Å². The largest absolute Gasteiger partial charge is 0.493 e. The van der Waals surface area contributed by atoms with Gasteiger partial charge < -0.3 is 19.7 Å². The Morgan fingerprint density at radius 2 is 1.92 bits per heavy atom. The van der Waals surface area contributed by atoms with Gasteiger partial charge in [-0.25, -0.2) is 0 Å². The highest BCUT2D eigenvalue weighted by atomic mass is 35.5. The molecule has 25 heavy (non-hydrogen) atoms. The van der Waals surface area contributed by atoms with Gasteiger partial charge in [-0.05, 0) is 49.7 Å². The average Bonchev–Trinajstić information content (AvgIpc) is 3.11. The highest BCUT2D eigenvalue weighted by Crippen LogP contribution is 2.63. The van der Waals surface area contributed by atoms with E-state index < -0.39 is 9.75 Å². The van der Waals surface area contributed by atoms with Gasteiger partial charge >= 0.3 is 0 Å². The third kappa shape index (κ3) is 4.30. The average molecular weight is 405 g/mol. The molecule has 1 amide bonds. The minimum absolute atomic E-state index is 0.250. The van der Waals surface area contributed by atoms with Crippen molar-refractivity contribution < 1.29 is 14.3 Å². The molecule has 1 saturated carbocycles. The molecule has 8 heteroatoms. The molecular formula is C17H22Cl2N2O3S. The number of hydrogen-bond donors (Lipinski definition) is 1. The van der Waals surface area contributed by atoms with Crippen LogP contribution in [0.4, 0.5) is 0 Å². The van der Waals surface area contributed by atoms with Crippen molar-refractivity contribution in [2.75, 3.05) is 27.8 Å². The lowest BCUT2D eigenvalue weighted by atomic mass is 10.1. The van der Waals surface area contributed by atoms with Crippen LogP contribution in [-0.2, 0) is 11.2 Å². The van der Waals surface area contributed by atoms with Crippen molar-refractivity contribution in [2.24, 2.45) is 5.41 Å². The Hall–Kier alpha value is -1.24.